The molecule has 1 aromatic rings. The first-order chi connectivity index (χ1) is 6.68. The number of benzene rings is 1. The third-order valence-electron chi connectivity index (χ3n) is 2.54. The first kappa shape index (κ1) is 9.25. The van der Waals surface area contributed by atoms with E-state index in [1.807, 2.05) is 24.3 Å². The minimum Gasteiger partial charge on any atom is -0.207 e. The van der Waals surface area contributed by atoms with E-state index in [0.29, 0.717) is 18.2 Å². The highest BCUT2D eigenvalue weighted by molar-refractivity contribution is 5.70. The van der Waals surface area contributed by atoms with Crippen LogP contribution in [0.15, 0.2) is 24.3 Å². The van der Waals surface area contributed by atoms with Crippen molar-refractivity contribution in [2.45, 2.75) is 19.8 Å². The van der Waals surface area contributed by atoms with Crippen molar-refractivity contribution < 1.29 is 4.48 Å². The molecule has 2 rings (SSSR count). The Labute approximate surface area is 83.8 Å². The second-order valence-corrected chi connectivity index (χ2v) is 3.92. The summed E-state index contributed by atoms with van der Waals surface area (Å²) in [5, 5.41) is 0.777. The minimum absolute atomic E-state index is 0.355. The van der Waals surface area contributed by atoms with Crippen LogP contribution < -0.4 is 5.12 Å². The highest BCUT2D eigenvalue weighted by Crippen LogP contribution is 2.29. The van der Waals surface area contributed by atoms with Crippen LogP contribution in [0.25, 0.3) is 6.08 Å². The van der Waals surface area contributed by atoms with E-state index in [1.54, 1.807) is 0 Å². The number of halogens is 1. The second-order valence-electron chi connectivity index (χ2n) is 3.92. The van der Waals surface area contributed by atoms with Gasteiger partial charge in [-0.05, 0) is 23.6 Å². The molecule has 1 nitrogen and oxygen atoms in total. The minimum atomic E-state index is 0.355. The summed E-state index contributed by atoms with van der Waals surface area (Å²) in [4.78, 5) is 0. The van der Waals surface area contributed by atoms with Crippen molar-refractivity contribution in [1.82, 2.24) is 0 Å². The number of fused-ring (bicyclic) bond motifs is 1. The fourth-order valence-corrected chi connectivity index (χ4v) is 1.66. The van der Waals surface area contributed by atoms with Gasteiger partial charge < -0.3 is 0 Å². The molecule has 0 amide bonds. The van der Waals surface area contributed by atoms with Crippen LogP contribution in [-0.2, 0) is 0 Å². The maximum absolute atomic E-state index is 13.3. The number of nitrogens with zero attached hydrogens (tertiary/aromatic N) is 1. The lowest BCUT2D eigenvalue weighted by Crippen LogP contribution is -2.15. The van der Waals surface area contributed by atoms with Crippen molar-refractivity contribution in [1.29, 1.82) is 0 Å². The highest BCUT2D eigenvalue weighted by Gasteiger charge is 2.13. The van der Waals surface area contributed by atoms with Gasteiger partial charge in [-0.25, -0.2) is 5.12 Å². The van der Waals surface area contributed by atoms with Gasteiger partial charge in [-0.2, -0.15) is 0 Å². The fraction of sp³-hybridized carbons (Fsp3) is 0.333. The smallest absolute Gasteiger partial charge is 0.0763 e. The second kappa shape index (κ2) is 3.45. The number of hydrogen-bond acceptors (Lipinski definition) is 1. The normalized spacial score (nSPS) is 14.7. The molecule has 1 heterocycles. The molecule has 2 heteroatoms. The van der Waals surface area contributed by atoms with Gasteiger partial charge in [0.2, 0.25) is 0 Å². The van der Waals surface area contributed by atoms with Gasteiger partial charge in [0.15, 0.2) is 0 Å². The molecule has 74 valence electrons. The molecule has 0 saturated heterocycles. The number of hydrogen-bond donors (Lipinski definition) is 0. The largest absolute Gasteiger partial charge is 0.207 e. The van der Waals surface area contributed by atoms with Crippen LogP contribution >= 0.6 is 0 Å². The number of anilines is 1. The van der Waals surface area contributed by atoms with Crippen LogP contribution in [0.2, 0.25) is 0 Å². The Hall–Kier alpha value is -1.31. The van der Waals surface area contributed by atoms with E-state index in [2.05, 4.69) is 19.9 Å². The Bertz CT molecular complexity index is 369. The van der Waals surface area contributed by atoms with E-state index >= 15 is 0 Å². The SMILES string of the molecule is CC(C)c1ccc2c(c1)C=CCN2F. The third-order valence-corrected chi connectivity index (χ3v) is 2.54. The van der Waals surface area contributed by atoms with Crippen molar-refractivity contribution in [3.63, 3.8) is 0 Å². The molecule has 14 heavy (non-hydrogen) atoms. The average Bonchev–Trinajstić information content (AvgIpc) is 2.17. The standard InChI is InChI=1S/C12H14FN/c1-9(2)10-5-6-12-11(8-10)4-3-7-14(12)13/h3-6,8-9H,7H2,1-2H3. The van der Waals surface area contributed by atoms with Crippen molar-refractivity contribution in [2.24, 2.45) is 0 Å². The molecule has 0 fully saturated rings. The van der Waals surface area contributed by atoms with E-state index in [-0.39, 0.29) is 0 Å². The molecule has 0 saturated carbocycles. The Morgan fingerprint density at radius 1 is 1.36 bits per heavy atom. The summed E-state index contributed by atoms with van der Waals surface area (Å²) in [6.07, 6.45) is 3.82. The molecule has 0 radical (unpaired) electrons. The number of rotatable bonds is 1. The van der Waals surface area contributed by atoms with Gasteiger partial charge >= 0.3 is 0 Å². The molecule has 1 aliphatic rings. The molecule has 0 aromatic heterocycles. The quantitative estimate of drug-likeness (QED) is 0.614. The maximum atomic E-state index is 13.3. The van der Waals surface area contributed by atoms with Crippen LogP contribution in [0, 0.1) is 0 Å². The monoisotopic (exact) mass is 191 g/mol. The predicted octanol–water partition coefficient (Wildman–Crippen LogP) is 3.53. The van der Waals surface area contributed by atoms with E-state index in [0.717, 1.165) is 10.7 Å². The first-order valence-corrected chi connectivity index (χ1v) is 4.92. The Morgan fingerprint density at radius 3 is 2.86 bits per heavy atom. The van der Waals surface area contributed by atoms with Crippen LogP contribution in [0.3, 0.4) is 0 Å². The molecule has 0 spiro atoms. The summed E-state index contributed by atoms with van der Waals surface area (Å²) >= 11 is 0. The summed E-state index contributed by atoms with van der Waals surface area (Å²) in [5.41, 5.74) is 2.91. The van der Waals surface area contributed by atoms with Gasteiger partial charge in [0.25, 0.3) is 0 Å². The fourth-order valence-electron chi connectivity index (χ4n) is 1.66. The highest BCUT2D eigenvalue weighted by atomic mass is 19.2. The lowest BCUT2D eigenvalue weighted by Gasteiger charge is -2.20. The van der Waals surface area contributed by atoms with Crippen molar-refractivity contribution >= 4 is 11.8 Å². The van der Waals surface area contributed by atoms with Gasteiger partial charge in [0.1, 0.15) is 0 Å². The lowest BCUT2D eigenvalue weighted by molar-refractivity contribution is 0.453. The third kappa shape index (κ3) is 1.52. The van der Waals surface area contributed by atoms with E-state index in [4.69, 9.17) is 0 Å². The zero-order valence-corrected chi connectivity index (χ0v) is 8.50. The maximum Gasteiger partial charge on any atom is 0.0763 e. The van der Waals surface area contributed by atoms with Crippen molar-refractivity contribution in [3.8, 4) is 0 Å². The van der Waals surface area contributed by atoms with Crippen molar-refractivity contribution in [3.05, 3.63) is 35.4 Å². The average molecular weight is 191 g/mol. The van der Waals surface area contributed by atoms with Gasteiger partial charge in [-0.3, -0.25) is 0 Å². The molecule has 0 atom stereocenters. The Morgan fingerprint density at radius 2 is 2.14 bits per heavy atom. The molecule has 1 aliphatic heterocycles. The lowest BCUT2D eigenvalue weighted by atomic mass is 9.98. The van der Waals surface area contributed by atoms with Gasteiger partial charge in [-0.1, -0.05) is 36.5 Å². The van der Waals surface area contributed by atoms with Crippen LogP contribution in [-0.4, -0.2) is 6.54 Å². The molecule has 0 N–H and O–H groups in total. The van der Waals surface area contributed by atoms with Gasteiger partial charge in [-0.15, -0.1) is 0 Å². The molecular formula is C12H14FN. The molecular weight excluding hydrogens is 177 g/mol. The van der Waals surface area contributed by atoms with Crippen LogP contribution in [0.5, 0.6) is 0 Å². The first-order valence-electron chi connectivity index (χ1n) is 4.92. The summed E-state index contributed by atoms with van der Waals surface area (Å²) in [6.45, 7) is 4.64. The summed E-state index contributed by atoms with van der Waals surface area (Å²) in [5.74, 6) is 0.490. The Kier molecular flexibility index (Phi) is 2.28. The molecule has 1 aromatic carbocycles. The van der Waals surface area contributed by atoms with E-state index < -0.39 is 0 Å². The summed E-state index contributed by atoms with van der Waals surface area (Å²) < 4.78 is 13.3. The topological polar surface area (TPSA) is 3.24 Å². The Balaban J connectivity index is 2.45. The van der Waals surface area contributed by atoms with Crippen LogP contribution in [0.4, 0.5) is 10.2 Å². The van der Waals surface area contributed by atoms with Crippen LogP contribution in [0.1, 0.15) is 30.9 Å². The molecule has 0 aliphatic carbocycles. The van der Waals surface area contributed by atoms with Crippen molar-refractivity contribution in [2.75, 3.05) is 11.7 Å². The van der Waals surface area contributed by atoms with E-state index in [1.165, 1.54) is 5.56 Å². The molecule has 0 unspecified atom stereocenters. The van der Waals surface area contributed by atoms with Gasteiger partial charge in [0, 0.05) is 5.56 Å². The summed E-state index contributed by atoms with van der Waals surface area (Å²) in [6, 6.07) is 5.91. The summed E-state index contributed by atoms with van der Waals surface area (Å²) in [7, 11) is 0. The van der Waals surface area contributed by atoms with E-state index in [9.17, 15) is 4.48 Å². The molecule has 0 bridgehead atoms. The predicted molar refractivity (Wildman–Crippen MR) is 58.0 cm³/mol. The zero-order valence-electron chi connectivity index (χ0n) is 8.50. The van der Waals surface area contributed by atoms with Gasteiger partial charge in [0.05, 0.1) is 12.2 Å². The zero-order chi connectivity index (χ0) is 10.1.